The maximum absolute atomic E-state index is 11.5. The van der Waals surface area contributed by atoms with Crippen LogP contribution >= 0.6 is 0 Å². The van der Waals surface area contributed by atoms with E-state index in [1.165, 1.54) is 10.9 Å². The van der Waals surface area contributed by atoms with Crippen LogP contribution in [0.15, 0.2) is 18.2 Å². The molecule has 1 N–H and O–H groups in total. The molecule has 0 fully saturated rings. The molecular formula is C13H15NO. The number of hydrogen-bond donors (Lipinski definition) is 1. The fraction of sp³-hybridized carbons (Fsp3) is 0.308. The average molecular weight is 201 g/mol. The Morgan fingerprint density at radius 1 is 1.40 bits per heavy atom. The molecule has 15 heavy (non-hydrogen) atoms. The van der Waals surface area contributed by atoms with Gasteiger partial charge in [0, 0.05) is 17.8 Å². The number of rotatable bonds is 2. The van der Waals surface area contributed by atoms with Crippen molar-refractivity contribution in [2.24, 2.45) is 0 Å². The summed E-state index contributed by atoms with van der Waals surface area (Å²) in [4.78, 5) is 14.7. The minimum Gasteiger partial charge on any atom is -0.352 e. The number of Topliss-reactive ketones (excluding diaryl/α,β-unsaturated/α-hetero) is 1. The largest absolute Gasteiger partial charge is 0.352 e. The predicted octanol–water partition coefficient (Wildman–Crippen LogP) is 3.24. The molecule has 0 saturated heterocycles. The van der Waals surface area contributed by atoms with Crippen molar-refractivity contribution in [3.05, 3.63) is 35.0 Å². The van der Waals surface area contributed by atoms with E-state index in [4.69, 9.17) is 0 Å². The van der Waals surface area contributed by atoms with Crippen LogP contribution in [0.25, 0.3) is 10.9 Å². The lowest BCUT2D eigenvalue weighted by molar-refractivity contribution is 0.101. The lowest BCUT2D eigenvalue weighted by atomic mass is 10.0. The molecule has 1 aromatic heterocycles. The number of carbonyl (C=O) groups is 1. The van der Waals surface area contributed by atoms with Gasteiger partial charge in [-0.15, -0.1) is 0 Å². The summed E-state index contributed by atoms with van der Waals surface area (Å²) >= 11 is 0. The smallest absolute Gasteiger partial charge is 0.176 e. The lowest BCUT2D eigenvalue weighted by Crippen LogP contribution is -1.96. The number of ketones is 1. The van der Waals surface area contributed by atoms with Crippen molar-refractivity contribution in [1.29, 1.82) is 0 Å². The number of carbonyl (C=O) groups excluding carboxylic acids is 1. The summed E-state index contributed by atoms with van der Waals surface area (Å²) in [5.41, 5.74) is 4.21. The molecular weight excluding hydrogens is 186 g/mol. The Hall–Kier alpha value is -1.57. The molecule has 0 saturated carbocycles. The molecule has 2 aromatic rings. The lowest BCUT2D eigenvalue weighted by Gasteiger charge is -1.99. The third-order valence-electron chi connectivity index (χ3n) is 2.84. The molecule has 0 radical (unpaired) electrons. The van der Waals surface area contributed by atoms with Crippen LogP contribution in [0.2, 0.25) is 0 Å². The monoisotopic (exact) mass is 201 g/mol. The van der Waals surface area contributed by atoms with E-state index >= 15 is 0 Å². The Kier molecular flexibility index (Phi) is 2.35. The van der Waals surface area contributed by atoms with Crippen molar-refractivity contribution in [3.8, 4) is 0 Å². The molecule has 0 spiro atoms. The molecule has 0 aliphatic carbocycles. The van der Waals surface area contributed by atoms with Crippen molar-refractivity contribution in [3.63, 3.8) is 0 Å². The molecule has 1 aromatic carbocycles. The van der Waals surface area contributed by atoms with E-state index in [9.17, 15) is 4.79 Å². The number of aromatic amines is 1. The molecule has 1 heterocycles. The van der Waals surface area contributed by atoms with Crippen LogP contribution in [-0.2, 0) is 6.42 Å². The molecule has 0 amide bonds. The zero-order chi connectivity index (χ0) is 11.0. The third-order valence-corrected chi connectivity index (χ3v) is 2.84. The van der Waals surface area contributed by atoms with Crippen LogP contribution in [-0.4, -0.2) is 10.8 Å². The molecule has 0 aliphatic heterocycles. The van der Waals surface area contributed by atoms with Gasteiger partial charge < -0.3 is 4.98 Å². The SMILES string of the molecule is CCc1c(C(C)=O)[nH]c2cccc(C)c12. The average Bonchev–Trinajstić information content (AvgIpc) is 2.57. The van der Waals surface area contributed by atoms with E-state index in [0.29, 0.717) is 0 Å². The third kappa shape index (κ3) is 1.46. The van der Waals surface area contributed by atoms with Crippen LogP contribution in [0.4, 0.5) is 0 Å². The number of H-pyrrole nitrogens is 1. The molecule has 0 aliphatic rings. The van der Waals surface area contributed by atoms with Gasteiger partial charge >= 0.3 is 0 Å². The van der Waals surface area contributed by atoms with Crippen LogP contribution in [0, 0.1) is 6.92 Å². The maximum Gasteiger partial charge on any atom is 0.176 e. The first-order valence-corrected chi connectivity index (χ1v) is 5.26. The van der Waals surface area contributed by atoms with Gasteiger partial charge in [0.25, 0.3) is 0 Å². The molecule has 2 rings (SSSR count). The molecule has 78 valence electrons. The van der Waals surface area contributed by atoms with Gasteiger partial charge in [0.15, 0.2) is 5.78 Å². The van der Waals surface area contributed by atoms with Crippen molar-refractivity contribution >= 4 is 16.7 Å². The number of benzene rings is 1. The number of aromatic nitrogens is 1. The summed E-state index contributed by atoms with van der Waals surface area (Å²) in [6, 6.07) is 6.12. The first kappa shape index (κ1) is 9.97. The van der Waals surface area contributed by atoms with E-state index in [1.54, 1.807) is 6.92 Å². The molecule has 0 unspecified atom stereocenters. The van der Waals surface area contributed by atoms with Gasteiger partial charge in [-0.25, -0.2) is 0 Å². The standard InChI is InChI=1S/C13H15NO/c1-4-10-12-8(2)6-5-7-11(12)14-13(10)9(3)15/h5-7,14H,4H2,1-3H3. The highest BCUT2D eigenvalue weighted by Gasteiger charge is 2.14. The minimum atomic E-state index is 0.113. The maximum atomic E-state index is 11.5. The first-order valence-electron chi connectivity index (χ1n) is 5.26. The Bertz CT molecular complexity index is 523. The van der Waals surface area contributed by atoms with Gasteiger partial charge in [-0.1, -0.05) is 19.1 Å². The number of aryl methyl sites for hydroxylation is 2. The predicted molar refractivity (Wildman–Crippen MR) is 62.4 cm³/mol. The van der Waals surface area contributed by atoms with Crippen molar-refractivity contribution in [2.75, 3.05) is 0 Å². The van der Waals surface area contributed by atoms with Gasteiger partial charge in [0.05, 0.1) is 5.69 Å². The summed E-state index contributed by atoms with van der Waals surface area (Å²) in [5.74, 6) is 0.113. The zero-order valence-corrected chi connectivity index (χ0v) is 9.35. The Morgan fingerprint density at radius 2 is 2.13 bits per heavy atom. The highest BCUT2D eigenvalue weighted by Crippen LogP contribution is 2.26. The second-order valence-electron chi connectivity index (χ2n) is 3.89. The normalized spacial score (nSPS) is 10.9. The fourth-order valence-corrected chi connectivity index (χ4v) is 2.16. The molecule has 0 bridgehead atoms. The summed E-state index contributed by atoms with van der Waals surface area (Å²) in [5, 5.41) is 1.21. The van der Waals surface area contributed by atoms with E-state index in [1.807, 2.05) is 12.1 Å². The number of hydrogen-bond acceptors (Lipinski definition) is 1. The summed E-state index contributed by atoms with van der Waals surface area (Å²) in [6.45, 7) is 5.78. The van der Waals surface area contributed by atoms with E-state index in [2.05, 4.69) is 24.9 Å². The topological polar surface area (TPSA) is 32.9 Å². The molecule has 0 atom stereocenters. The van der Waals surface area contributed by atoms with Crippen LogP contribution < -0.4 is 0 Å². The Labute approximate surface area is 89.3 Å². The van der Waals surface area contributed by atoms with Crippen molar-refractivity contribution < 1.29 is 4.79 Å². The highest BCUT2D eigenvalue weighted by atomic mass is 16.1. The van der Waals surface area contributed by atoms with Gasteiger partial charge in [-0.2, -0.15) is 0 Å². The summed E-state index contributed by atoms with van der Waals surface area (Å²) in [6.07, 6.45) is 0.889. The summed E-state index contributed by atoms with van der Waals surface area (Å²) < 4.78 is 0. The number of nitrogens with one attached hydrogen (secondary N) is 1. The Morgan fingerprint density at radius 3 is 2.73 bits per heavy atom. The molecule has 2 heteroatoms. The molecule has 2 nitrogen and oxygen atoms in total. The highest BCUT2D eigenvalue weighted by molar-refractivity contribution is 6.01. The van der Waals surface area contributed by atoms with Crippen LogP contribution in [0.1, 0.15) is 35.5 Å². The van der Waals surface area contributed by atoms with Gasteiger partial charge in [0.1, 0.15) is 0 Å². The van der Waals surface area contributed by atoms with E-state index < -0.39 is 0 Å². The van der Waals surface area contributed by atoms with E-state index in [0.717, 1.165) is 23.2 Å². The van der Waals surface area contributed by atoms with Crippen molar-refractivity contribution in [2.45, 2.75) is 27.2 Å². The van der Waals surface area contributed by atoms with Crippen molar-refractivity contribution in [1.82, 2.24) is 4.98 Å². The van der Waals surface area contributed by atoms with Gasteiger partial charge in [0.2, 0.25) is 0 Å². The summed E-state index contributed by atoms with van der Waals surface area (Å²) in [7, 11) is 0. The van der Waals surface area contributed by atoms with Gasteiger partial charge in [-0.3, -0.25) is 4.79 Å². The van der Waals surface area contributed by atoms with Crippen LogP contribution in [0.3, 0.4) is 0 Å². The Balaban J connectivity index is 2.86. The first-order chi connectivity index (χ1) is 7.15. The van der Waals surface area contributed by atoms with Gasteiger partial charge in [-0.05, 0) is 30.5 Å². The zero-order valence-electron chi connectivity index (χ0n) is 9.35. The fourth-order valence-electron chi connectivity index (χ4n) is 2.16. The van der Waals surface area contributed by atoms with Crippen LogP contribution in [0.5, 0.6) is 0 Å². The second-order valence-corrected chi connectivity index (χ2v) is 3.89. The minimum absolute atomic E-state index is 0.113. The quantitative estimate of drug-likeness (QED) is 0.743. The number of fused-ring (bicyclic) bond motifs is 1. The van der Waals surface area contributed by atoms with E-state index in [-0.39, 0.29) is 5.78 Å². The second kappa shape index (κ2) is 3.54.